The molecule has 1 fully saturated rings. The molecular formula is C13H19ClF2N2O3S. The van der Waals surface area contributed by atoms with E-state index in [2.05, 4.69) is 10.0 Å². The molecule has 9 heteroatoms. The Bertz CT molecular complexity index is 607. The van der Waals surface area contributed by atoms with Crippen molar-refractivity contribution in [1.29, 1.82) is 0 Å². The van der Waals surface area contributed by atoms with Crippen molar-refractivity contribution in [1.82, 2.24) is 10.0 Å². The SMILES string of the molecule is COCC1(CNS(=O)(=O)c2cc(F)ccc2F)CCCN1.Cl. The summed E-state index contributed by atoms with van der Waals surface area (Å²) >= 11 is 0. The van der Waals surface area contributed by atoms with Crippen LogP contribution in [0.1, 0.15) is 12.8 Å². The van der Waals surface area contributed by atoms with Gasteiger partial charge in [-0.1, -0.05) is 0 Å². The molecule has 1 aliphatic rings. The fourth-order valence-corrected chi connectivity index (χ4v) is 3.68. The third kappa shape index (κ3) is 4.36. The summed E-state index contributed by atoms with van der Waals surface area (Å²) in [6.07, 6.45) is 1.65. The number of hydrogen-bond donors (Lipinski definition) is 2. The highest BCUT2D eigenvalue weighted by Gasteiger charge is 2.35. The first-order chi connectivity index (χ1) is 9.88. The molecule has 126 valence electrons. The van der Waals surface area contributed by atoms with Gasteiger partial charge in [0.2, 0.25) is 10.0 Å². The van der Waals surface area contributed by atoms with Crippen molar-refractivity contribution in [3.05, 3.63) is 29.8 Å². The van der Waals surface area contributed by atoms with Crippen LogP contribution in [0.15, 0.2) is 23.1 Å². The van der Waals surface area contributed by atoms with Crippen molar-refractivity contribution in [3.63, 3.8) is 0 Å². The molecule has 5 nitrogen and oxygen atoms in total. The molecule has 1 aromatic carbocycles. The smallest absolute Gasteiger partial charge is 0.243 e. The van der Waals surface area contributed by atoms with E-state index in [0.717, 1.165) is 31.5 Å². The summed E-state index contributed by atoms with van der Waals surface area (Å²) < 4.78 is 58.4. The largest absolute Gasteiger partial charge is 0.383 e. The molecule has 0 radical (unpaired) electrons. The second kappa shape index (κ2) is 7.65. The Labute approximate surface area is 134 Å². The van der Waals surface area contributed by atoms with Gasteiger partial charge in [-0.3, -0.25) is 0 Å². The lowest BCUT2D eigenvalue weighted by molar-refractivity contribution is 0.122. The molecule has 1 saturated heterocycles. The van der Waals surface area contributed by atoms with Crippen LogP contribution in [0.25, 0.3) is 0 Å². The Kier molecular flexibility index (Phi) is 6.69. The Morgan fingerprint density at radius 2 is 2.14 bits per heavy atom. The van der Waals surface area contributed by atoms with Crippen LogP contribution >= 0.6 is 12.4 Å². The van der Waals surface area contributed by atoms with E-state index < -0.39 is 32.1 Å². The lowest BCUT2D eigenvalue weighted by Crippen LogP contribution is -2.52. The minimum atomic E-state index is -4.12. The first-order valence-electron chi connectivity index (χ1n) is 6.57. The summed E-state index contributed by atoms with van der Waals surface area (Å²) in [6.45, 7) is 1.15. The van der Waals surface area contributed by atoms with E-state index in [1.807, 2.05) is 0 Å². The van der Waals surface area contributed by atoms with Gasteiger partial charge in [-0.2, -0.15) is 0 Å². The zero-order valence-corrected chi connectivity index (χ0v) is 13.7. The average Bonchev–Trinajstić information content (AvgIpc) is 2.89. The number of rotatable bonds is 6. The summed E-state index contributed by atoms with van der Waals surface area (Å²) in [6, 6.07) is 2.34. The quantitative estimate of drug-likeness (QED) is 0.809. The van der Waals surface area contributed by atoms with Crippen molar-refractivity contribution in [2.45, 2.75) is 23.3 Å². The Morgan fingerprint density at radius 3 is 2.73 bits per heavy atom. The summed E-state index contributed by atoms with van der Waals surface area (Å²) in [4.78, 5) is -0.687. The minimum Gasteiger partial charge on any atom is -0.383 e. The maximum Gasteiger partial charge on any atom is 0.243 e. The Balaban J connectivity index is 0.00000242. The topological polar surface area (TPSA) is 67.4 Å². The van der Waals surface area contributed by atoms with Crippen LogP contribution in [0, 0.1) is 11.6 Å². The van der Waals surface area contributed by atoms with Crippen LogP contribution in [-0.4, -0.2) is 40.8 Å². The predicted octanol–water partition coefficient (Wildman–Crippen LogP) is 1.43. The van der Waals surface area contributed by atoms with Gasteiger partial charge in [0.25, 0.3) is 0 Å². The van der Waals surface area contributed by atoms with Gasteiger partial charge in [0.1, 0.15) is 16.5 Å². The van der Waals surface area contributed by atoms with Crippen LogP contribution in [-0.2, 0) is 14.8 Å². The summed E-state index contributed by atoms with van der Waals surface area (Å²) in [5.41, 5.74) is -0.508. The van der Waals surface area contributed by atoms with Crippen LogP contribution in [0.3, 0.4) is 0 Å². The molecule has 1 atom stereocenters. The molecule has 1 unspecified atom stereocenters. The normalized spacial score (nSPS) is 21.6. The number of hydrogen-bond acceptors (Lipinski definition) is 4. The van der Waals surface area contributed by atoms with E-state index in [1.54, 1.807) is 0 Å². The first kappa shape index (κ1) is 19.2. The van der Waals surface area contributed by atoms with E-state index in [9.17, 15) is 17.2 Å². The first-order valence-corrected chi connectivity index (χ1v) is 8.06. The van der Waals surface area contributed by atoms with Gasteiger partial charge in [0.15, 0.2) is 0 Å². The molecule has 22 heavy (non-hydrogen) atoms. The maximum atomic E-state index is 13.6. The van der Waals surface area contributed by atoms with E-state index >= 15 is 0 Å². The van der Waals surface area contributed by atoms with Gasteiger partial charge in [0.05, 0.1) is 12.1 Å². The fraction of sp³-hybridized carbons (Fsp3) is 0.538. The van der Waals surface area contributed by atoms with Gasteiger partial charge in [-0.05, 0) is 37.6 Å². The van der Waals surface area contributed by atoms with E-state index in [0.29, 0.717) is 12.7 Å². The minimum absolute atomic E-state index is 0. The molecule has 2 N–H and O–H groups in total. The molecule has 2 rings (SSSR count). The molecule has 0 aliphatic carbocycles. The van der Waals surface area contributed by atoms with Crippen LogP contribution < -0.4 is 10.0 Å². The number of benzene rings is 1. The highest BCUT2D eigenvalue weighted by Crippen LogP contribution is 2.21. The van der Waals surface area contributed by atoms with E-state index in [-0.39, 0.29) is 19.0 Å². The number of ether oxygens (including phenoxy) is 1. The second-order valence-corrected chi connectivity index (χ2v) is 6.88. The monoisotopic (exact) mass is 356 g/mol. The molecular weight excluding hydrogens is 338 g/mol. The van der Waals surface area contributed by atoms with Gasteiger partial charge in [0, 0.05) is 13.7 Å². The van der Waals surface area contributed by atoms with Crippen LogP contribution in [0.5, 0.6) is 0 Å². The standard InChI is InChI=1S/C13H18F2N2O3S.ClH/c1-20-9-13(5-2-6-16-13)8-17-21(18,19)12-7-10(14)3-4-11(12)15;/h3-4,7,16-17H,2,5-6,8-9H2,1H3;1H. The molecule has 0 amide bonds. The summed E-state index contributed by atoms with van der Waals surface area (Å²) in [5.74, 6) is -1.79. The Hall–Kier alpha value is -0.800. The highest BCUT2D eigenvalue weighted by atomic mass is 35.5. The molecule has 1 heterocycles. The van der Waals surface area contributed by atoms with Crippen molar-refractivity contribution < 1.29 is 21.9 Å². The number of nitrogens with one attached hydrogen (secondary N) is 2. The zero-order chi connectivity index (χ0) is 15.5. The van der Waals surface area contributed by atoms with Crippen LogP contribution in [0.2, 0.25) is 0 Å². The average molecular weight is 357 g/mol. The molecule has 0 saturated carbocycles. The third-order valence-corrected chi connectivity index (χ3v) is 4.95. The Morgan fingerprint density at radius 1 is 1.41 bits per heavy atom. The zero-order valence-electron chi connectivity index (χ0n) is 12.1. The van der Waals surface area contributed by atoms with E-state index in [1.165, 1.54) is 7.11 Å². The van der Waals surface area contributed by atoms with Gasteiger partial charge in [-0.15, -0.1) is 12.4 Å². The molecule has 1 aromatic rings. The third-order valence-electron chi connectivity index (χ3n) is 3.54. The van der Waals surface area contributed by atoms with Crippen molar-refractivity contribution in [2.24, 2.45) is 0 Å². The lowest BCUT2D eigenvalue weighted by atomic mass is 9.99. The van der Waals surface area contributed by atoms with Gasteiger partial charge < -0.3 is 10.1 Å². The van der Waals surface area contributed by atoms with E-state index in [4.69, 9.17) is 4.74 Å². The number of halogens is 3. The number of sulfonamides is 1. The lowest BCUT2D eigenvalue weighted by Gasteiger charge is -2.28. The second-order valence-electron chi connectivity index (χ2n) is 5.14. The molecule has 0 aromatic heterocycles. The van der Waals surface area contributed by atoms with Gasteiger partial charge >= 0.3 is 0 Å². The van der Waals surface area contributed by atoms with Crippen LogP contribution in [0.4, 0.5) is 8.78 Å². The summed E-state index contributed by atoms with van der Waals surface area (Å²) in [5, 5.41) is 3.20. The molecule has 0 bridgehead atoms. The molecule has 1 aliphatic heterocycles. The fourth-order valence-electron chi connectivity index (χ4n) is 2.46. The maximum absolute atomic E-state index is 13.6. The van der Waals surface area contributed by atoms with Crippen molar-refractivity contribution in [2.75, 3.05) is 26.8 Å². The summed E-state index contributed by atoms with van der Waals surface area (Å²) in [7, 11) is -2.59. The predicted molar refractivity (Wildman–Crippen MR) is 80.6 cm³/mol. The number of methoxy groups -OCH3 is 1. The highest BCUT2D eigenvalue weighted by molar-refractivity contribution is 7.89. The van der Waals surface area contributed by atoms with Crippen molar-refractivity contribution in [3.8, 4) is 0 Å². The molecule has 0 spiro atoms. The van der Waals surface area contributed by atoms with Crippen molar-refractivity contribution >= 4 is 22.4 Å². The van der Waals surface area contributed by atoms with Gasteiger partial charge in [-0.25, -0.2) is 21.9 Å².